The van der Waals surface area contributed by atoms with E-state index in [-0.39, 0.29) is 5.91 Å². The lowest BCUT2D eigenvalue weighted by molar-refractivity contribution is -0.140. The van der Waals surface area contributed by atoms with Crippen LogP contribution in [0.4, 0.5) is 0 Å². The van der Waals surface area contributed by atoms with E-state index in [9.17, 15) is 9.59 Å². The fourth-order valence-corrected chi connectivity index (χ4v) is 2.18. The Balaban J connectivity index is 2.28. The van der Waals surface area contributed by atoms with E-state index in [1.807, 2.05) is 13.0 Å². The number of carboxylic acid groups (broad SMARTS) is 1. The molecule has 0 bridgehead atoms. The van der Waals surface area contributed by atoms with Crippen molar-refractivity contribution in [2.24, 2.45) is 0 Å². The zero-order valence-electron chi connectivity index (χ0n) is 10.4. The van der Waals surface area contributed by atoms with Gasteiger partial charge in [0.15, 0.2) is 6.04 Å². The van der Waals surface area contributed by atoms with Crippen molar-refractivity contribution in [1.29, 1.82) is 0 Å². The van der Waals surface area contributed by atoms with Crippen LogP contribution < -0.4 is 0 Å². The number of hydrogen-bond acceptors (Lipinski definition) is 2. The van der Waals surface area contributed by atoms with Gasteiger partial charge in [-0.3, -0.25) is 4.79 Å². The molecule has 0 aromatic heterocycles. The lowest BCUT2D eigenvalue weighted by atomic mass is 10.1. The summed E-state index contributed by atoms with van der Waals surface area (Å²) in [7, 11) is 0. The van der Waals surface area contributed by atoms with Gasteiger partial charge < -0.3 is 10.0 Å². The Kier molecular flexibility index (Phi) is 3.19. The van der Waals surface area contributed by atoms with Crippen molar-refractivity contribution in [3.8, 4) is 0 Å². The molecule has 94 valence electrons. The first-order valence-corrected chi connectivity index (χ1v) is 5.78. The van der Waals surface area contributed by atoms with Gasteiger partial charge >= 0.3 is 5.97 Å². The molecule has 0 radical (unpaired) electrons. The summed E-state index contributed by atoms with van der Waals surface area (Å²) in [5.74, 6) is -1.22. The van der Waals surface area contributed by atoms with E-state index in [1.54, 1.807) is 31.2 Å². The number of nitrogens with zero attached hydrogens (tertiary/aromatic N) is 1. The van der Waals surface area contributed by atoms with Crippen LogP contribution in [0.3, 0.4) is 0 Å². The first-order chi connectivity index (χ1) is 8.50. The molecule has 0 spiro atoms. The standard InChI is InChI=1S/C14H15NO3/c1-9-4-3-5-11(8-9)13(16)15-7-6-10(2)12(15)14(17)18/h3-6,8,12H,7H2,1-2H3,(H,17,18). The minimum atomic E-state index is -0.984. The molecule has 4 nitrogen and oxygen atoms in total. The number of hydrogen-bond donors (Lipinski definition) is 1. The number of carbonyl (C=O) groups excluding carboxylic acids is 1. The predicted molar refractivity (Wildman–Crippen MR) is 67.4 cm³/mol. The lowest BCUT2D eigenvalue weighted by Crippen LogP contribution is -2.42. The molecule has 1 amide bonds. The van der Waals surface area contributed by atoms with Gasteiger partial charge in [-0.2, -0.15) is 0 Å². The highest BCUT2D eigenvalue weighted by atomic mass is 16.4. The van der Waals surface area contributed by atoms with E-state index in [1.165, 1.54) is 4.90 Å². The second-order valence-electron chi connectivity index (χ2n) is 4.52. The Bertz CT molecular complexity index is 534. The molecule has 1 aliphatic heterocycles. The molecular weight excluding hydrogens is 230 g/mol. The second kappa shape index (κ2) is 4.64. The SMILES string of the molecule is CC1=CCN(C(=O)c2cccc(C)c2)C1C(=O)O. The van der Waals surface area contributed by atoms with Gasteiger partial charge in [0.1, 0.15) is 0 Å². The fourth-order valence-electron chi connectivity index (χ4n) is 2.18. The number of benzene rings is 1. The molecule has 1 aromatic carbocycles. The summed E-state index contributed by atoms with van der Waals surface area (Å²) in [6.45, 7) is 4.00. The highest BCUT2D eigenvalue weighted by Crippen LogP contribution is 2.21. The number of carboxylic acids is 1. The summed E-state index contributed by atoms with van der Waals surface area (Å²) in [4.78, 5) is 24.9. The summed E-state index contributed by atoms with van der Waals surface area (Å²) in [5.41, 5.74) is 2.23. The van der Waals surface area contributed by atoms with Crippen molar-refractivity contribution in [1.82, 2.24) is 4.90 Å². The molecule has 0 aliphatic carbocycles. The Morgan fingerprint density at radius 1 is 1.33 bits per heavy atom. The molecule has 18 heavy (non-hydrogen) atoms. The zero-order valence-corrected chi connectivity index (χ0v) is 10.4. The van der Waals surface area contributed by atoms with Crippen molar-refractivity contribution in [2.75, 3.05) is 6.54 Å². The Morgan fingerprint density at radius 3 is 2.67 bits per heavy atom. The van der Waals surface area contributed by atoms with Crippen molar-refractivity contribution >= 4 is 11.9 Å². The average molecular weight is 245 g/mol. The van der Waals surface area contributed by atoms with E-state index in [4.69, 9.17) is 5.11 Å². The second-order valence-corrected chi connectivity index (χ2v) is 4.52. The fraction of sp³-hybridized carbons (Fsp3) is 0.286. The quantitative estimate of drug-likeness (QED) is 0.809. The monoisotopic (exact) mass is 245 g/mol. The van der Waals surface area contributed by atoms with Crippen LogP contribution in [-0.2, 0) is 4.79 Å². The number of aryl methyl sites for hydroxylation is 1. The molecular formula is C14H15NO3. The van der Waals surface area contributed by atoms with Gasteiger partial charge in [0, 0.05) is 12.1 Å². The number of aliphatic carboxylic acids is 1. The maximum atomic E-state index is 12.3. The Labute approximate surface area is 106 Å². The van der Waals surface area contributed by atoms with Crippen LogP contribution in [0.5, 0.6) is 0 Å². The topological polar surface area (TPSA) is 57.6 Å². The third kappa shape index (κ3) is 2.14. The Hall–Kier alpha value is -2.10. The highest BCUT2D eigenvalue weighted by molar-refractivity contribution is 5.98. The number of rotatable bonds is 2. The first kappa shape index (κ1) is 12.4. The first-order valence-electron chi connectivity index (χ1n) is 5.78. The van der Waals surface area contributed by atoms with E-state index in [2.05, 4.69) is 0 Å². The maximum Gasteiger partial charge on any atom is 0.330 e. The van der Waals surface area contributed by atoms with Crippen molar-refractivity contribution in [3.05, 3.63) is 47.0 Å². The van der Waals surface area contributed by atoms with Crippen molar-refractivity contribution < 1.29 is 14.7 Å². The van der Waals surface area contributed by atoms with E-state index in [0.29, 0.717) is 17.7 Å². The number of carbonyl (C=O) groups is 2. The zero-order chi connectivity index (χ0) is 13.3. The van der Waals surface area contributed by atoms with Gasteiger partial charge in [0.05, 0.1) is 0 Å². The molecule has 1 aliphatic rings. The third-order valence-corrected chi connectivity index (χ3v) is 3.11. The van der Waals surface area contributed by atoms with Crippen LogP contribution in [0.1, 0.15) is 22.8 Å². The van der Waals surface area contributed by atoms with Crippen LogP contribution in [0.25, 0.3) is 0 Å². The van der Waals surface area contributed by atoms with Gasteiger partial charge in [0.2, 0.25) is 0 Å². The van der Waals surface area contributed by atoms with Crippen molar-refractivity contribution in [3.63, 3.8) is 0 Å². The van der Waals surface area contributed by atoms with Crippen LogP contribution in [0.15, 0.2) is 35.9 Å². The van der Waals surface area contributed by atoms with Gasteiger partial charge in [-0.15, -0.1) is 0 Å². The molecule has 1 atom stereocenters. The number of amides is 1. The van der Waals surface area contributed by atoms with Crippen LogP contribution in [0, 0.1) is 6.92 Å². The summed E-state index contributed by atoms with van der Waals surface area (Å²) in [6, 6.07) is 6.35. The maximum absolute atomic E-state index is 12.3. The van der Waals surface area contributed by atoms with E-state index < -0.39 is 12.0 Å². The third-order valence-electron chi connectivity index (χ3n) is 3.11. The minimum absolute atomic E-state index is 0.237. The smallest absolute Gasteiger partial charge is 0.330 e. The highest BCUT2D eigenvalue weighted by Gasteiger charge is 2.34. The average Bonchev–Trinajstić information content (AvgIpc) is 2.70. The molecule has 2 rings (SSSR count). The molecule has 1 unspecified atom stereocenters. The lowest BCUT2D eigenvalue weighted by Gasteiger charge is -2.23. The summed E-state index contributed by atoms with van der Waals surface area (Å²) in [5, 5.41) is 9.17. The van der Waals surface area contributed by atoms with Gasteiger partial charge in [-0.05, 0) is 31.6 Å². The molecule has 1 heterocycles. The van der Waals surface area contributed by atoms with E-state index >= 15 is 0 Å². The minimum Gasteiger partial charge on any atom is -0.479 e. The van der Waals surface area contributed by atoms with Crippen LogP contribution in [0.2, 0.25) is 0 Å². The van der Waals surface area contributed by atoms with Gasteiger partial charge in [-0.1, -0.05) is 23.8 Å². The predicted octanol–water partition coefficient (Wildman–Crippen LogP) is 1.85. The van der Waals surface area contributed by atoms with E-state index in [0.717, 1.165) is 5.56 Å². The molecule has 1 N–H and O–H groups in total. The van der Waals surface area contributed by atoms with Crippen LogP contribution in [-0.4, -0.2) is 34.5 Å². The molecule has 4 heteroatoms. The summed E-state index contributed by atoms with van der Waals surface area (Å²) in [6.07, 6.45) is 1.78. The molecule has 0 saturated carbocycles. The normalized spacial score (nSPS) is 18.7. The largest absolute Gasteiger partial charge is 0.479 e. The van der Waals surface area contributed by atoms with Crippen molar-refractivity contribution in [2.45, 2.75) is 19.9 Å². The molecule has 0 fully saturated rings. The molecule has 1 aromatic rings. The van der Waals surface area contributed by atoms with Gasteiger partial charge in [0.25, 0.3) is 5.91 Å². The molecule has 0 saturated heterocycles. The summed E-state index contributed by atoms with van der Waals surface area (Å²) < 4.78 is 0. The summed E-state index contributed by atoms with van der Waals surface area (Å²) >= 11 is 0. The Morgan fingerprint density at radius 2 is 2.06 bits per heavy atom. The van der Waals surface area contributed by atoms with Crippen LogP contribution >= 0.6 is 0 Å². The van der Waals surface area contributed by atoms with Gasteiger partial charge in [-0.25, -0.2) is 4.79 Å².